The number of benzene rings is 1. The second-order valence-electron chi connectivity index (χ2n) is 6.62. The topological polar surface area (TPSA) is 108 Å². The van der Waals surface area contributed by atoms with Crippen LogP contribution in [0, 0.1) is 0 Å². The first-order valence-electron chi connectivity index (χ1n) is 9.40. The van der Waals surface area contributed by atoms with Gasteiger partial charge in [-0.1, -0.05) is 0 Å². The molecule has 0 aliphatic carbocycles. The maximum absolute atomic E-state index is 10.8. The minimum absolute atomic E-state index is 0.225. The predicted octanol–water partition coefficient (Wildman–Crippen LogP) is 1.85. The Labute approximate surface area is 176 Å². The van der Waals surface area contributed by atoms with Gasteiger partial charge in [0.1, 0.15) is 6.10 Å². The van der Waals surface area contributed by atoms with Crippen molar-refractivity contribution in [1.82, 2.24) is 5.32 Å². The van der Waals surface area contributed by atoms with Crippen LogP contribution in [-0.4, -0.2) is 64.7 Å². The third-order valence-corrected chi connectivity index (χ3v) is 5.06. The molecule has 1 heterocycles. The first-order valence-corrected chi connectivity index (χ1v) is 9.40. The van der Waals surface area contributed by atoms with Crippen LogP contribution in [0.4, 0.5) is 0 Å². The van der Waals surface area contributed by atoms with Crippen LogP contribution in [0.5, 0.6) is 17.2 Å². The molecule has 1 aliphatic rings. The van der Waals surface area contributed by atoms with Gasteiger partial charge in [-0.2, -0.15) is 0 Å². The molecule has 0 aromatic heterocycles. The fourth-order valence-electron chi connectivity index (χ4n) is 3.31. The molecule has 0 radical (unpaired) electrons. The van der Waals surface area contributed by atoms with E-state index < -0.39 is 17.9 Å². The van der Waals surface area contributed by atoms with Crippen molar-refractivity contribution < 1.29 is 38.6 Å². The molecule has 0 spiro atoms. The Hall–Kier alpha value is -2.62. The highest BCUT2D eigenvalue weighted by atomic mass is 16.5. The molecule has 0 saturated heterocycles. The van der Waals surface area contributed by atoms with Gasteiger partial charge in [0.25, 0.3) is 0 Å². The third-order valence-electron chi connectivity index (χ3n) is 5.06. The van der Waals surface area contributed by atoms with Crippen LogP contribution < -0.4 is 19.5 Å². The highest BCUT2D eigenvalue weighted by Crippen LogP contribution is 2.40. The number of methoxy groups -OCH3 is 6. The van der Waals surface area contributed by atoms with Gasteiger partial charge in [-0.25, -0.2) is 0 Å². The first kappa shape index (κ1) is 23.7. The number of rotatable bonds is 11. The minimum Gasteiger partial charge on any atom is -0.493 e. The summed E-state index contributed by atoms with van der Waals surface area (Å²) in [4.78, 5) is 0. The van der Waals surface area contributed by atoms with E-state index in [1.54, 1.807) is 24.3 Å². The van der Waals surface area contributed by atoms with Crippen molar-refractivity contribution in [2.24, 2.45) is 0 Å². The van der Waals surface area contributed by atoms with Gasteiger partial charge in [0, 0.05) is 7.11 Å². The molecule has 3 atom stereocenters. The number of hydrogen-bond acceptors (Lipinski definition) is 9. The van der Waals surface area contributed by atoms with Crippen molar-refractivity contribution in [2.75, 3.05) is 42.7 Å². The molecule has 0 amide bonds. The monoisotopic (exact) mass is 425 g/mol. The predicted molar refractivity (Wildman–Crippen MR) is 109 cm³/mol. The van der Waals surface area contributed by atoms with Crippen molar-refractivity contribution in [3.8, 4) is 17.2 Å². The summed E-state index contributed by atoms with van der Waals surface area (Å²) in [5, 5.41) is 24.6. The van der Waals surface area contributed by atoms with Crippen LogP contribution in [0.15, 0.2) is 35.9 Å². The summed E-state index contributed by atoms with van der Waals surface area (Å²) in [6, 6.07) is 3.36. The quantitative estimate of drug-likeness (QED) is 0.489. The number of ether oxygens (including phenoxy) is 6. The summed E-state index contributed by atoms with van der Waals surface area (Å²) in [5.74, 6) is 2.15. The maximum atomic E-state index is 10.8. The zero-order valence-electron chi connectivity index (χ0n) is 18.2. The Kier molecular flexibility index (Phi) is 8.22. The van der Waals surface area contributed by atoms with Crippen molar-refractivity contribution in [1.29, 1.82) is 0 Å². The van der Waals surface area contributed by atoms with Crippen molar-refractivity contribution in [3.05, 3.63) is 41.5 Å². The van der Waals surface area contributed by atoms with E-state index in [1.165, 1.54) is 42.7 Å². The molecular formula is C21H31NO8. The molecule has 1 aliphatic heterocycles. The van der Waals surface area contributed by atoms with Crippen molar-refractivity contribution in [3.63, 3.8) is 0 Å². The van der Waals surface area contributed by atoms with Gasteiger partial charge >= 0.3 is 0 Å². The molecule has 0 bridgehead atoms. The lowest BCUT2D eigenvalue weighted by molar-refractivity contribution is -0.101. The van der Waals surface area contributed by atoms with Crippen LogP contribution in [0.1, 0.15) is 24.5 Å². The van der Waals surface area contributed by atoms with Gasteiger partial charge in [-0.3, -0.25) is 0 Å². The number of dihydropyridines is 1. The Balaban J connectivity index is 2.15. The van der Waals surface area contributed by atoms with Gasteiger partial charge in [0.05, 0.1) is 41.7 Å². The van der Waals surface area contributed by atoms with Crippen LogP contribution in [-0.2, 0) is 14.2 Å². The largest absolute Gasteiger partial charge is 0.493 e. The van der Waals surface area contributed by atoms with E-state index in [0.29, 0.717) is 34.5 Å². The Morgan fingerprint density at radius 2 is 1.50 bits per heavy atom. The molecule has 0 fully saturated rings. The van der Waals surface area contributed by atoms with Gasteiger partial charge in [0.15, 0.2) is 23.0 Å². The van der Waals surface area contributed by atoms with E-state index in [2.05, 4.69) is 5.32 Å². The second kappa shape index (κ2) is 10.4. The molecule has 168 valence electrons. The summed E-state index contributed by atoms with van der Waals surface area (Å²) in [6.45, 7) is 0. The summed E-state index contributed by atoms with van der Waals surface area (Å²) in [6.07, 6.45) is 1.94. The Bertz CT molecular complexity index is 753. The van der Waals surface area contributed by atoms with E-state index in [-0.39, 0.29) is 12.8 Å². The standard InChI is InChI=1S/C21H31NO8/c1-25-15-9-10-21(30-6,22-20(15)29-5)18(24)8-7-14(23)13-11-16(26-2)19(28-4)17(12-13)27-3/h9-12,14,18,22-24H,7-8H2,1-6H3. The van der Waals surface area contributed by atoms with E-state index in [0.717, 1.165) is 0 Å². The van der Waals surface area contributed by atoms with Gasteiger partial charge in [0.2, 0.25) is 11.6 Å². The van der Waals surface area contributed by atoms with E-state index >= 15 is 0 Å². The summed E-state index contributed by atoms with van der Waals surface area (Å²) >= 11 is 0. The average Bonchev–Trinajstić information content (AvgIpc) is 2.80. The zero-order chi connectivity index (χ0) is 22.3. The molecule has 30 heavy (non-hydrogen) atoms. The Morgan fingerprint density at radius 3 is 1.97 bits per heavy atom. The van der Waals surface area contributed by atoms with Gasteiger partial charge in [-0.05, 0) is 42.7 Å². The number of hydrogen-bond donors (Lipinski definition) is 3. The normalized spacial score (nSPS) is 20.3. The smallest absolute Gasteiger partial charge is 0.232 e. The fourth-order valence-corrected chi connectivity index (χ4v) is 3.31. The molecule has 2 rings (SSSR count). The lowest BCUT2D eigenvalue weighted by atomic mass is 9.95. The molecule has 1 aromatic carbocycles. The van der Waals surface area contributed by atoms with E-state index in [9.17, 15) is 10.2 Å². The molecular weight excluding hydrogens is 394 g/mol. The van der Waals surface area contributed by atoms with Gasteiger partial charge < -0.3 is 44.0 Å². The lowest BCUT2D eigenvalue weighted by Gasteiger charge is -2.38. The third kappa shape index (κ3) is 4.75. The van der Waals surface area contributed by atoms with Crippen LogP contribution in [0.25, 0.3) is 0 Å². The van der Waals surface area contributed by atoms with Crippen molar-refractivity contribution in [2.45, 2.75) is 30.8 Å². The van der Waals surface area contributed by atoms with E-state index in [1.807, 2.05) is 0 Å². The summed E-state index contributed by atoms with van der Waals surface area (Å²) in [7, 11) is 9.01. The minimum atomic E-state index is -1.22. The number of aliphatic hydroxyl groups is 2. The second-order valence-corrected chi connectivity index (χ2v) is 6.62. The first-order chi connectivity index (χ1) is 14.4. The summed E-state index contributed by atoms with van der Waals surface area (Å²) in [5.41, 5.74) is -0.642. The highest BCUT2D eigenvalue weighted by Gasteiger charge is 2.40. The molecule has 1 aromatic rings. The summed E-state index contributed by atoms with van der Waals surface area (Å²) < 4.78 is 32.0. The number of nitrogens with one attached hydrogen (secondary N) is 1. The number of allylic oxidation sites excluding steroid dienone is 1. The van der Waals surface area contributed by atoms with Crippen LogP contribution in [0.3, 0.4) is 0 Å². The van der Waals surface area contributed by atoms with Gasteiger partial charge in [-0.15, -0.1) is 0 Å². The maximum Gasteiger partial charge on any atom is 0.232 e. The molecule has 9 heteroatoms. The van der Waals surface area contributed by atoms with E-state index in [4.69, 9.17) is 28.4 Å². The van der Waals surface area contributed by atoms with Crippen molar-refractivity contribution >= 4 is 0 Å². The molecule has 9 nitrogen and oxygen atoms in total. The average molecular weight is 425 g/mol. The van der Waals surface area contributed by atoms with Crippen LogP contribution in [0.2, 0.25) is 0 Å². The fraction of sp³-hybridized carbons (Fsp3) is 0.524. The van der Waals surface area contributed by atoms with Crippen LogP contribution >= 0.6 is 0 Å². The SMILES string of the molecule is COC1=C(OC)NC(OC)(C(O)CCC(O)c2cc(OC)c(OC)c(OC)c2)C=C1. The molecule has 3 N–H and O–H groups in total. The molecule has 3 unspecified atom stereocenters. The zero-order valence-corrected chi connectivity index (χ0v) is 18.2. The number of aliphatic hydroxyl groups excluding tert-OH is 2. The molecule has 0 saturated carbocycles. The lowest BCUT2D eigenvalue weighted by Crippen LogP contribution is -2.55. The Morgan fingerprint density at radius 1 is 0.867 bits per heavy atom. The highest BCUT2D eigenvalue weighted by molar-refractivity contribution is 5.54.